The van der Waals surface area contributed by atoms with Crippen molar-refractivity contribution in [1.29, 1.82) is 10.5 Å². The Labute approximate surface area is 116 Å². The number of hydrogen-bond donors (Lipinski definition) is 2. The first kappa shape index (κ1) is 13.8. The van der Waals surface area contributed by atoms with Crippen molar-refractivity contribution in [3.8, 4) is 12.1 Å². The highest BCUT2D eigenvalue weighted by Gasteiger charge is 2.21. The normalized spacial score (nSPS) is 13.0. The molecule has 0 aliphatic heterocycles. The fraction of sp³-hybridized carbons (Fsp3) is 0.125. The Bertz CT molecular complexity index is 652. The second kappa shape index (κ2) is 5.99. The number of aliphatic hydroxyl groups is 2. The van der Waals surface area contributed by atoms with Gasteiger partial charge < -0.3 is 10.2 Å². The Morgan fingerprint density at radius 2 is 1.25 bits per heavy atom. The molecule has 2 aromatic rings. The van der Waals surface area contributed by atoms with Gasteiger partial charge in [-0.1, -0.05) is 30.3 Å². The van der Waals surface area contributed by atoms with Crippen LogP contribution in [0.1, 0.15) is 34.5 Å². The van der Waals surface area contributed by atoms with E-state index in [-0.39, 0.29) is 11.1 Å². The van der Waals surface area contributed by atoms with E-state index in [1.165, 1.54) is 18.2 Å². The number of hydrogen-bond acceptors (Lipinski definition) is 4. The van der Waals surface area contributed by atoms with Gasteiger partial charge in [0.25, 0.3) is 0 Å². The molecule has 20 heavy (non-hydrogen) atoms. The summed E-state index contributed by atoms with van der Waals surface area (Å²) in [4.78, 5) is 0. The van der Waals surface area contributed by atoms with Crippen LogP contribution in [0.15, 0.2) is 48.5 Å². The van der Waals surface area contributed by atoms with E-state index in [0.29, 0.717) is 11.1 Å². The summed E-state index contributed by atoms with van der Waals surface area (Å²) in [6.07, 6.45) is -2.31. The van der Waals surface area contributed by atoms with Crippen LogP contribution < -0.4 is 0 Å². The molecule has 2 N–H and O–H groups in total. The molecule has 98 valence electrons. The molecule has 0 aliphatic carbocycles. The summed E-state index contributed by atoms with van der Waals surface area (Å²) < 4.78 is 0. The van der Waals surface area contributed by atoms with Gasteiger partial charge in [0.05, 0.1) is 23.3 Å². The van der Waals surface area contributed by atoms with Crippen molar-refractivity contribution < 1.29 is 10.2 Å². The molecule has 0 aliphatic rings. The zero-order valence-corrected chi connectivity index (χ0v) is 10.6. The van der Waals surface area contributed by atoms with Crippen molar-refractivity contribution in [2.45, 2.75) is 12.2 Å². The number of nitriles is 2. The van der Waals surface area contributed by atoms with Crippen molar-refractivity contribution in [1.82, 2.24) is 0 Å². The van der Waals surface area contributed by atoms with Gasteiger partial charge in [-0.15, -0.1) is 0 Å². The van der Waals surface area contributed by atoms with Crippen molar-refractivity contribution in [3.63, 3.8) is 0 Å². The number of rotatable bonds is 3. The molecule has 2 atom stereocenters. The summed E-state index contributed by atoms with van der Waals surface area (Å²) in [5, 5.41) is 38.2. The summed E-state index contributed by atoms with van der Waals surface area (Å²) in [7, 11) is 0. The fourth-order valence-electron chi connectivity index (χ4n) is 1.97. The predicted octanol–water partition coefficient (Wildman–Crippen LogP) is 2.20. The SMILES string of the molecule is N#Cc1cc(C#N)cc(C(O)C(O)c2ccccc2)c1. The first-order valence-electron chi connectivity index (χ1n) is 6.02. The molecule has 0 fully saturated rings. The first-order chi connectivity index (χ1) is 9.65. The highest BCUT2D eigenvalue weighted by Crippen LogP contribution is 2.29. The van der Waals surface area contributed by atoms with E-state index >= 15 is 0 Å². The molecule has 0 spiro atoms. The third kappa shape index (κ3) is 2.84. The van der Waals surface area contributed by atoms with E-state index < -0.39 is 12.2 Å². The topological polar surface area (TPSA) is 88.0 Å². The molecule has 4 heteroatoms. The third-order valence-corrected chi connectivity index (χ3v) is 3.00. The van der Waals surface area contributed by atoms with Gasteiger partial charge in [-0.3, -0.25) is 0 Å². The molecule has 0 saturated heterocycles. The molecule has 2 aromatic carbocycles. The smallest absolute Gasteiger partial charge is 0.109 e. The largest absolute Gasteiger partial charge is 0.385 e. The Balaban J connectivity index is 2.37. The molecule has 0 bridgehead atoms. The van der Waals surface area contributed by atoms with E-state index in [0.717, 1.165) is 0 Å². The molecule has 0 amide bonds. The third-order valence-electron chi connectivity index (χ3n) is 3.00. The van der Waals surface area contributed by atoms with Gasteiger partial charge in [0.1, 0.15) is 12.2 Å². The Morgan fingerprint density at radius 3 is 1.75 bits per heavy atom. The lowest BCUT2D eigenvalue weighted by Crippen LogP contribution is -2.10. The van der Waals surface area contributed by atoms with Crippen LogP contribution >= 0.6 is 0 Å². The summed E-state index contributed by atoms with van der Waals surface area (Å²) in [6.45, 7) is 0. The van der Waals surface area contributed by atoms with Crippen LogP contribution in [-0.4, -0.2) is 10.2 Å². The number of benzene rings is 2. The van der Waals surface area contributed by atoms with Gasteiger partial charge >= 0.3 is 0 Å². The second-order valence-corrected chi connectivity index (χ2v) is 4.37. The number of nitrogens with zero attached hydrogens (tertiary/aromatic N) is 2. The summed E-state index contributed by atoms with van der Waals surface area (Å²) in [5.74, 6) is 0. The maximum Gasteiger partial charge on any atom is 0.109 e. The molecule has 0 heterocycles. The average molecular weight is 264 g/mol. The van der Waals surface area contributed by atoms with Crippen LogP contribution in [0.25, 0.3) is 0 Å². The summed E-state index contributed by atoms with van der Waals surface area (Å²) in [6, 6.07) is 17.0. The van der Waals surface area contributed by atoms with Crippen molar-refractivity contribution in [3.05, 3.63) is 70.8 Å². The Kier molecular flexibility index (Phi) is 4.12. The molecule has 0 radical (unpaired) electrons. The van der Waals surface area contributed by atoms with Gasteiger partial charge in [-0.05, 0) is 29.3 Å². The molecule has 0 saturated carbocycles. The monoisotopic (exact) mass is 264 g/mol. The Hall–Kier alpha value is -2.66. The van der Waals surface area contributed by atoms with Crippen LogP contribution in [0.2, 0.25) is 0 Å². The van der Waals surface area contributed by atoms with Gasteiger partial charge in [0.15, 0.2) is 0 Å². The van der Waals surface area contributed by atoms with Crippen molar-refractivity contribution in [2.75, 3.05) is 0 Å². The molecule has 2 unspecified atom stereocenters. The highest BCUT2D eigenvalue weighted by molar-refractivity contribution is 5.43. The van der Waals surface area contributed by atoms with Crippen LogP contribution in [0.3, 0.4) is 0 Å². The minimum Gasteiger partial charge on any atom is -0.385 e. The molecule has 4 nitrogen and oxygen atoms in total. The predicted molar refractivity (Wildman–Crippen MR) is 72.2 cm³/mol. The van der Waals surface area contributed by atoms with E-state index in [1.54, 1.807) is 24.3 Å². The van der Waals surface area contributed by atoms with Crippen molar-refractivity contribution in [2.24, 2.45) is 0 Å². The first-order valence-corrected chi connectivity index (χ1v) is 6.02. The fourth-order valence-corrected chi connectivity index (χ4v) is 1.97. The lowest BCUT2D eigenvalue weighted by molar-refractivity contribution is 0.0172. The van der Waals surface area contributed by atoms with Gasteiger partial charge in [-0.2, -0.15) is 10.5 Å². The summed E-state index contributed by atoms with van der Waals surface area (Å²) in [5.41, 5.74) is 1.47. The minimum absolute atomic E-state index is 0.276. The average Bonchev–Trinajstić information content (AvgIpc) is 2.53. The Morgan fingerprint density at radius 1 is 0.750 bits per heavy atom. The molecule has 0 aromatic heterocycles. The van der Waals surface area contributed by atoms with E-state index in [2.05, 4.69) is 0 Å². The van der Waals surface area contributed by atoms with Crippen LogP contribution in [0.4, 0.5) is 0 Å². The maximum atomic E-state index is 10.2. The lowest BCUT2D eigenvalue weighted by atomic mass is 9.96. The van der Waals surface area contributed by atoms with Crippen molar-refractivity contribution >= 4 is 0 Å². The van der Waals surface area contributed by atoms with E-state index in [9.17, 15) is 10.2 Å². The van der Waals surface area contributed by atoms with E-state index in [1.807, 2.05) is 18.2 Å². The van der Waals surface area contributed by atoms with Crippen LogP contribution in [-0.2, 0) is 0 Å². The standard InChI is InChI=1S/C16H12N2O2/c17-9-11-6-12(10-18)8-14(7-11)16(20)15(19)13-4-2-1-3-5-13/h1-8,15-16,19-20H. The van der Waals surface area contributed by atoms with E-state index in [4.69, 9.17) is 10.5 Å². The zero-order valence-electron chi connectivity index (χ0n) is 10.6. The second-order valence-electron chi connectivity index (χ2n) is 4.37. The zero-order chi connectivity index (χ0) is 14.5. The lowest BCUT2D eigenvalue weighted by Gasteiger charge is -2.19. The van der Waals surface area contributed by atoms with Gasteiger partial charge in [-0.25, -0.2) is 0 Å². The van der Waals surface area contributed by atoms with Gasteiger partial charge in [0.2, 0.25) is 0 Å². The van der Waals surface area contributed by atoms with Crippen LogP contribution in [0, 0.1) is 22.7 Å². The highest BCUT2D eigenvalue weighted by atomic mass is 16.3. The summed E-state index contributed by atoms with van der Waals surface area (Å²) >= 11 is 0. The molecule has 2 rings (SSSR count). The van der Waals surface area contributed by atoms with Gasteiger partial charge in [0, 0.05) is 0 Å². The molecular formula is C16H12N2O2. The van der Waals surface area contributed by atoms with Crippen LogP contribution in [0.5, 0.6) is 0 Å². The maximum absolute atomic E-state index is 10.2. The number of aliphatic hydroxyl groups excluding tert-OH is 2. The molecular weight excluding hydrogens is 252 g/mol. The quantitative estimate of drug-likeness (QED) is 0.889. The minimum atomic E-state index is -1.20.